The molecular weight excluding hydrogens is 352 g/mol. The lowest BCUT2D eigenvalue weighted by atomic mass is 10.1. The number of nitrogens with zero attached hydrogens (tertiary/aromatic N) is 3. The van der Waals surface area contributed by atoms with E-state index >= 15 is 0 Å². The molecule has 1 aromatic heterocycles. The number of methoxy groups -OCH3 is 3. The van der Waals surface area contributed by atoms with Gasteiger partial charge in [0.2, 0.25) is 17.7 Å². The number of hydrogen-bond donors (Lipinski definition) is 1. The van der Waals surface area contributed by atoms with Gasteiger partial charge in [-0.25, -0.2) is 4.98 Å². The average Bonchev–Trinajstić information content (AvgIpc) is 3.10. The maximum atomic E-state index is 12.6. The minimum atomic E-state index is -0.494. The van der Waals surface area contributed by atoms with E-state index in [2.05, 4.69) is 15.3 Å². The van der Waals surface area contributed by atoms with Crippen LogP contribution < -0.4 is 24.4 Å². The number of anilines is 2. The molecule has 1 atom stereocenters. The zero-order valence-electron chi connectivity index (χ0n) is 15.3. The summed E-state index contributed by atoms with van der Waals surface area (Å²) in [4.78, 5) is 34.5. The Morgan fingerprint density at radius 2 is 1.89 bits per heavy atom. The van der Waals surface area contributed by atoms with E-state index in [0.29, 0.717) is 11.4 Å². The summed E-state index contributed by atoms with van der Waals surface area (Å²) in [5.41, 5.74) is 1.04. The van der Waals surface area contributed by atoms with Crippen LogP contribution in [0, 0.1) is 5.92 Å². The van der Waals surface area contributed by atoms with E-state index in [1.165, 1.54) is 20.4 Å². The van der Waals surface area contributed by atoms with Crippen molar-refractivity contribution < 1.29 is 23.8 Å². The number of carbonyl (C=O) groups is 2. The van der Waals surface area contributed by atoms with E-state index in [1.807, 2.05) is 0 Å². The first-order valence-electron chi connectivity index (χ1n) is 8.26. The van der Waals surface area contributed by atoms with Gasteiger partial charge in [-0.05, 0) is 24.3 Å². The van der Waals surface area contributed by atoms with E-state index in [4.69, 9.17) is 14.2 Å². The summed E-state index contributed by atoms with van der Waals surface area (Å²) in [6.07, 6.45) is 1.53. The molecule has 1 aliphatic heterocycles. The SMILES string of the molecule is COc1ccc(N2CC(C(=O)Nc3cnc(OC)nc3OC)CC2=O)cc1. The number of carbonyl (C=O) groups excluding carboxylic acids is 2. The summed E-state index contributed by atoms with van der Waals surface area (Å²) in [6.45, 7) is 0.288. The number of hydrogen-bond acceptors (Lipinski definition) is 7. The smallest absolute Gasteiger partial charge is 0.319 e. The molecule has 1 saturated heterocycles. The molecule has 3 rings (SSSR count). The number of amides is 2. The summed E-state index contributed by atoms with van der Waals surface area (Å²) in [7, 11) is 4.44. The Morgan fingerprint density at radius 3 is 2.52 bits per heavy atom. The van der Waals surface area contributed by atoms with E-state index in [-0.39, 0.29) is 36.7 Å². The highest BCUT2D eigenvalue weighted by molar-refractivity contribution is 6.03. The second kappa shape index (κ2) is 7.90. The van der Waals surface area contributed by atoms with Crippen molar-refractivity contribution in [2.45, 2.75) is 6.42 Å². The van der Waals surface area contributed by atoms with Gasteiger partial charge in [0.25, 0.3) is 0 Å². The molecule has 2 aromatic rings. The van der Waals surface area contributed by atoms with Crippen molar-refractivity contribution in [2.75, 3.05) is 38.1 Å². The normalized spacial score (nSPS) is 16.2. The van der Waals surface area contributed by atoms with Gasteiger partial charge in [-0.15, -0.1) is 0 Å². The lowest BCUT2D eigenvalue weighted by Gasteiger charge is -2.17. The van der Waals surface area contributed by atoms with E-state index in [1.54, 1.807) is 36.3 Å². The molecule has 0 spiro atoms. The molecule has 27 heavy (non-hydrogen) atoms. The first-order chi connectivity index (χ1) is 13.0. The van der Waals surface area contributed by atoms with Gasteiger partial charge in [0.15, 0.2) is 0 Å². The molecule has 2 amide bonds. The fourth-order valence-corrected chi connectivity index (χ4v) is 2.82. The van der Waals surface area contributed by atoms with Crippen molar-refractivity contribution in [3.05, 3.63) is 30.5 Å². The standard InChI is InChI=1S/C18H20N4O5/c1-25-13-6-4-12(5-7-13)22-10-11(8-15(22)23)16(24)20-14-9-19-18(27-3)21-17(14)26-2/h4-7,9,11H,8,10H2,1-3H3,(H,20,24). The first-order valence-corrected chi connectivity index (χ1v) is 8.26. The molecule has 0 aliphatic carbocycles. The highest BCUT2D eigenvalue weighted by atomic mass is 16.5. The van der Waals surface area contributed by atoms with Crippen molar-refractivity contribution in [2.24, 2.45) is 5.92 Å². The molecule has 1 unspecified atom stereocenters. The van der Waals surface area contributed by atoms with Crippen molar-refractivity contribution in [3.8, 4) is 17.6 Å². The highest BCUT2D eigenvalue weighted by Gasteiger charge is 2.35. The van der Waals surface area contributed by atoms with Crippen molar-refractivity contribution in [3.63, 3.8) is 0 Å². The van der Waals surface area contributed by atoms with Gasteiger partial charge in [0, 0.05) is 18.7 Å². The molecule has 0 saturated carbocycles. The van der Waals surface area contributed by atoms with Gasteiger partial charge in [-0.3, -0.25) is 9.59 Å². The number of rotatable bonds is 6. The Kier molecular flexibility index (Phi) is 5.39. The van der Waals surface area contributed by atoms with Crippen molar-refractivity contribution in [1.29, 1.82) is 0 Å². The monoisotopic (exact) mass is 372 g/mol. The zero-order valence-corrected chi connectivity index (χ0v) is 15.3. The topological polar surface area (TPSA) is 103 Å². The first kappa shape index (κ1) is 18.4. The van der Waals surface area contributed by atoms with Crippen LogP contribution in [-0.4, -0.2) is 49.7 Å². The van der Waals surface area contributed by atoms with Gasteiger partial charge >= 0.3 is 6.01 Å². The summed E-state index contributed by atoms with van der Waals surface area (Å²) < 4.78 is 15.2. The fraction of sp³-hybridized carbons (Fsp3) is 0.333. The Hall–Kier alpha value is -3.36. The second-order valence-electron chi connectivity index (χ2n) is 5.87. The molecule has 9 heteroatoms. The third kappa shape index (κ3) is 3.91. The van der Waals surface area contributed by atoms with Crippen molar-refractivity contribution >= 4 is 23.2 Å². The van der Waals surface area contributed by atoms with E-state index < -0.39 is 5.92 Å². The van der Waals surface area contributed by atoms with Gasteiger partial charge in [-0.1, -0.05) is 0 Å². The van der Waals surface area contributed by atoms with E-state index in [9.17, 15) is 9.59 Å². The molecule has 1 fully saturated rings. The molecule has 1 N–H and O–H groups in total. The lowest BCUT2D eigenvalue weighted by Crippen LogP contribution is -2.28. The number of ether oxygens (including phenoxy) is 3. The second-order valence-corrected chi connectivity index (χ2v) is 5.87. The molecular formula is C18H20N4O5. The summed E-state index contributed by atoms with van der Waals surface area (Å²) in [6, 6.07) is 7.26. The van der Waals surface area contributed by atoms with Crippen LogP contribution >= 0.6 is 0 Å². The van der Waals surface area contributed by atoms with Crippen LogP contribution in [0.4, 0.5) is 11.4 Å². The summed E-state index contributed by atoms with van der Waals surface area (Å²) >= 11 is 0. The van der Waals surface area contributed by atoms with Crippen LogP contribution in [-0.2, 0) is 9.59 Å². The predicted octanol–water partition coefficient (Wildman–Crippen LogP) is 1.49. The Morgan fingerprint density at radius 1 is 1.15 bits per heavy atom. The Balaban J connectivity index is 1.70. The van der Waals surface area contributed by atoms with Crippen LogP contribution in [0.2, 0.25) is 0 Å². The maximum absolute atomic E-state index is 12.6. The van der Waals surface area contributed by atoms with Crippen LogP contribution in [0.25, 0.3) is 0 Å². The maximum Gasteiger partial charge on any atom is 0.319 e. The van der Waals surface area contributed by atoms with Crippen molar-refractivity contribution in [1.82, 2.24) is 9.97 Å². The van der Waals surface area contributed by atoms with E-state index in [0.717, 1.165) is 5.69 Å². The zero-order chi connectivity index (χ0) is 19.4. The third-order valence-corrected chi connectivity index (χ3v) is 4.25. The van der Waals surface area contributed by atoms with Gasteiger partial charge in [0.1, 0.15) is 11.4 Å². The Labute approximate surface area is 156 Å². The molecule has 9 nitrogen and oxygen atoms in total. The average molecular weight is 372 g/mol. The largest absolute Gasteiger partial charge is 0.497 e. The molecule has 142 valence electrons. The molecule has 2 heterocycles. The minimum absolute atomic E-state index is 0.113. The van der Waals surface area contributed by atoms with Crippen LogP contribution in [0.15, 0.2) is 30.5 Å². The van der Waals surface area contributed by atoms with Gasteiger partial charge in [0.05, 0.1) is 33.4 Å². The quantitative estimate of drug-likeness (QED) is 0.819. The predicted molar refractivity (Wildman–Crippen MR) is 97.2 cm³/mol. The number of aromatic nitrogens is 2. The van der Waals surface area contributed by atoms with Crippen LogP contribution in [0.1, 0.15) is 6.42 Å². The fourth-order valence-electron chi connectivity index (χ4n) is 2.82. The minimum Gasteiger partial charge on any atom is -0.497 e. The molecule has 0 bridgehead atoms. The third-order valence-electron chi connectivity index (χ3n) is 4.25. The highest BCUT2D eigenvalue weighted by Crippen LogP contribution is 2.29. The van der Waals surface area contributed by atoms with Crippen LogP contribution in [0.5, 0.6) is 17.6 Å². The van der Waals surface area contributed by atoms with Gasteiger partial charge < -0.3 is 24.4 Å². The number of nitrogens with one attached hydrogen (secondary N) is 1. The Bertz CT molecular complexity index is 840. The molecule has 0 radical (unpaired) electrons. The van der Waals surface area contributed by atoms with Crippen LogP contribution in [0.3, 0.4) is 0 Å². The molecule has 1 aromatic carbocycles. The lowest BCUT2D eigenvalue weighted by molar-refractivity contribution is -0.122. The van der Waals surface area contributed by atoms with Gasteiger partial charge in [-0.2, -0.15) is 4.98 Å². The molecule has 1 aliphatic rings. The number of benzene rings is 1. The summed E-state index contributed by atoms with van der Waals surface area (Å²) in [5.74, 6) is -0.0195. The summed E-state index contributed by atoms with van der Waals surface area (Å²) in [5, 5.41) is 2.72.